The molecule has 1 N–H and O–H groups in total. The molecule has 0 bridgehead atoms. The minimum Gasteiger partial charge on any atom is -0.491 e. The van der Waals surface area contributed by atoms with Gasteiger partial charge in [-0.2, -0.15) is 4.31 Å². The van der Waals surface area contributed by atoms with Gasteiger partial charge in [0, 0.05) is 19.0 Å². The van der Waals surface area contributed by atoms with Crippen LogP contribution in [0.3, 0.4) is 0 Å². The van der Waals surface area contributed by atoms with Crippen LogP contribution in [-0.2, 0) is 14.8 Å². The first-order chi connectivity index (χ1) is 13.9. The third kappa shape index (κ3) is 5.36. The van der Waals surface area contributed by atoms with E-state index in [1.54, 1.807) is 30.3 Å². The van der Waals surface area contributed by atoms with Crippen molar-refractivity contribution in [2.75, 3.05) is 19.7 Å². The van der Waals surface area contributed by atoms with Crippen molar-refractivity contribution in [3.63, 3.8) is 0 Å². The largest absolute Gasteiger partial charge is 0.491 e. The lowest BCUT2D eigenvalue weighted by Gasteiger charge is -2.31. The zero-order valence-corrected chi connectivity index (χ0v) is 17.7. The van der Waals surface area contributed by atoms with Crippen molar-refractivity contribution in [3.8, 4) is 5.75 Å². The first-order valence-corrected chi connectivity index (χ1v) is 11.4. The van der Waals surface area contributed by atoms with E-state index < -0.39 is 10.0 Å². The van der Waals surface area contributed by atoms with Crippen LogP contribution in [0.5, 0.6) is 5.75 Å². The van der Waals surface area contributed by atoms with Gasteiger partial charge >= 0.3 is 0 Å². The summed E-state index contributed by atoms with van der Waals surface area (Å²) in [7, 11) is -3.50. The highest BCUT2D eigenvalue weighted by atomic mass is 32.2. The molecule has 1 fully saturated rings. The number of carbonyl (C=O) groups excluding carboxylic acids is 1. The molecule has 3 rings (SSSR count). The Morgan fingerprint density at radius 3 is 2.38 bits per heavy atom. The summed E-state index contributed by atoms with van der Waals surface area (Å²) >= 11 is 0. The molecule has 156 valence electrons. The van der Waals surface area contributed by atoms with E-state index in [9.17, 15) is 13.2 Å². The van der Waals surface area contributed by atoms with Crippen molar-refractivity contribution in [1.29, 1.82) is 0 Å². The zero-order chi connectivity index (χ0) is 20.9. The molecule has 0 spiro atoms. The number of nitrogens with zero attached hydrogens (tertiary/aromatic N) is 1. The van der Waals surface area contributed by atoms with Crippen molar-refractivity contribution >= 4 is 15.9 Å². The van der Waals surface area contributed by atoms with Gasteiger partial charge in [-0.25, -0.2) is 8.42 Å². The van der Waals surface area contributed by atoms with Gasteiger partial charge in [0.05, 0.1) is 10.9 Å². The summed E-state index contributed by atoms with van der Waals surface area (Å²) in [4.78, 5) is 12.9. The number of rotatable bonds is 7. The lowest BCUT2D eigenvalue weighted by atomic mass is 9.97. The average molecular weight is 417 g/mol. The fourth-order valence-corrected chi connectivity index (χ4v) is 4.93. The Bertz CT molecular complexity index is 923. The summed E-state index contributed by atoms with van der Waals surface area (Å²) in [6.45, 7) is 4.98. The highest BCUT2D eigenvalue weighted by Gasteiger charge is 2.32. The molecule has 1 saturated heterocycles. The molecule has 0 unspecified atom stereocenters. The van der Waals surface area contributed by atoms with Gasteiger partial charge in [-0.3, -0.25) is 4.79 Å². The summed E-state index contributed by atoms with van der Waals surface area (Å²) in [5.74, 6) is 0.591. The summed E-state index contributed by atoms with van der Waals surface area (Å²) in [6.07, 6.45) is 1.03. The van der Waals surface area contributed by atoms with Crippen LogP contribution < -0.4 is 10.1 Å². The number of aryl methyl sites for hydroxylation is 1. The van der Waals surface area contributed by atoms with Crippen molar-refractivity contribution in [2.24, 2.45) is 5.92 Å². The number of amides is 1. The zero-order valence-electron chi connectivity index (χ0n) is 16.9. The van der Waals surface area contributed by atoms with Crippen LogP contribution in [0.15, 0.2) is 59.5 Å². The van der Waals surface area contributed by atoms with Crippen molar-refractivity contribution in [1.82, 2.24) is 9.62 Å². The van der Waals surface area contributed by atoms with Gasteiger partial charge in [0.1, 0.15) is 12.4 Å². The quantitative estimate of drug-likeness (QED) is 0.753. The number of hydrogen-bond acceptors (Lipinski definition) is 4. The molecule has 0 aliphatic carbocycles. The molecule has 1 atom stereocenters. The Kier molecular flexibility index (Phi) is 6.92. The van der Waals surface area contributed by atoms with Gasteiger partial charge in [0.2, 0.25) is 15.9 Å². The molecule has 2 aromatic rings. The minimum absolute atomic E-state index is 0.0392. The van der Waals surface area contributed by atoms with Crippen LogP contribution in [0, 0.1) is 12.8 Å². The van der Waals surface area contributed by atoms with E-state index in [4.69, 9.17) is 4.74 Å². The van der Waals surface area contributed by atoms with Crippen LogP contribution in [-0.4, -0.2) is 44.4 Å². The Morgan fingerprint density at radius 2 is 1.72 bits per heavy atom. The number of piperidine rings is 1. The smallest absolute Gasteiger partial charge is 0.243 e. The molecule has 29 heavy (non-hydrogen) atoms. The molecule has 6 nitrogen and oxygen atoms in total. The van der Waals surface area contributed by atoms with Gasteiger partial charge in [0.15, 0.2) is 0 Å². The maximum Gasteiger partial charge on any atom is 0.243 e. The predicted molar refractivity (Wildman–Crippen MR) is 112 cm³/mol. The molecular weight excluding hydrogens is 388 g/mol. The number of ether oxygens (including phenoxy) is 1. The molecule has 1 amide bonds. The first-order valence-electron chi connectivity index (χ1n) is 9.92. The lowest BCUT2D eigenvalue weighted by Crippen LogP contribution is -2.45. The minimum atomic E-state index is -3.50. The van der Waals surface area contributed by atoms with E-state index >= 15 is 0 Å². The van der Waals surface area contributed by atoms with Crippen molar-refractivity contribution in [2.45, 2.75) is 37.6 Å². The Morgan fingerprint density at radius 1 is 1.10 bits per heavy atom. The second kappa shape index (κ2) is 9.41. The van der Waals surface area contributed by atoms with Crippen LogP contribution >= 0.6 is 0 Å². The van der Waals surface area contributed by atoms with E-state index in [1.165, 1.54) is 4.31 Å². The predicted octanol–water partition coefficient (Wildman–Crippen LogP) is 2.98. The fraction of sp³-hybridized carbons (Fsp3) is 0.409. The third-order valence-electron chi connectivity index (χ3n) is 5.18. The van der Waals surface area contributed by atoms with Crippen LogP contribution in [0.25, 0.3) is 0 Å². The SMILES string of the molecule is Cc1ccccc1OC[C@H](C)NC(=O)C1CCN(S(=O)(=O)c2ccccc2)CC1. The molecule has 1 aliphatic rings. The van der Waals surface area contributed by atoms with Gasteiger partial charge in [0.25, 0.3) is 0 Å². The number of nitrogens with one attached hydrogen (secondary N) is 1. The number of hydrogen-bond donors (Lipinski definition) is 1. The summed E-state index contributed by atoms with van der Waals surface area (Å²) < 4.78 is 32.7. The number of sulfonamides is 1. The van der Waals surface area contributed by atoms with E-state index in [-0.39, 0.29) is 17.9 Å². The standard InChI is InChI=1S/C22H28N2O4S/c1-17-8-6-7-11-21(17)28-16-18(2)23-22(25)19-12-14-24(15-13-19)29(26,27)20-9-4-3-5-10-20/h3-11,18-19H,12-16H2,1-2H3,(H,23,25)/t18-/m0/s1. The Labute approximate surface area is 172 Å². The molecular formula is C22H28N2O4S. The molecule has 1 aliphatic heterocycles. The normalized spacial score (nSPS) is 16.9. The maximum absolute atomic E-state index is 12.7. The van der Waals surface area contributed by atoms with Gasteiger partial charge < -0.3 is 10.1 Å². The van der Waals surface area contributed by atoms with Crippen molar-refractivity contribution in [3.05, 3.63) is 60.2 Å². The second-order valence-electron chi connectivity index (χ2n) is 7.48. The van der Waals surface area contributed by atoms with Crippen molar-refractivity contribution < 1.29 is 17.9 Å². The van der Waals surface area contributed by atoms with Gasteiger partial charge in [-0.1, -0.05) is 36.4 Å². The van der Waals surface area contributed by atoms with Crippen LogP contribution in [0.1, 0.15) is 25.3 Å². The van der Waals surface area contributed by atoms with Crippen LogP contribution in [0.4, 0.5) is 0 Å². The average Bonchev–Trinajstić information content (AvgIpc) is 2.74. The highest BCUT2D eigenvalue weighted by Crippen LogP contribution is 2.24. The maximum atomic E-state index is 12.7. The molecule has 0 aromatic heterocycles. The van der Waals surface area contributed by atoms with Gasteiger partial charge in [-0.05, 0) is 50.5 Å². The molecule has 0 radical (unpaired) electrons. The van der Waals surface area contributed by atoms with E-state index in [1.807, 2.05) is 38.1 Å². The van der Waals surface area contributed by atoms with Gasteiger partial charge in [-0.15, -0.1) is 0 Å². The summed E-state index contributed by atoms with van der Waals surface area (Å²) in [5, 5.41) is 2.99. The Balaban J connectivity index is 1.48. The number of carbonyl (C=O) groups is 1. The summed E-state index contributed by atoms with van der Waals surface area (Å²) in [5.41, 5.74) is 1.05. The molecule has 7 heteroatoms. The lowest BCUT2D eigenvalue weighted by molar-refractivity contribution is -0.126. The van der Waals surface area contributed by atoms with E-state index in [0.717, 1.165) is 11.3 Å². The second-order valence-corrected chi connectivity index (χ2v) is 9.42. The summed E-state index contributed by atoms with van der Waals surface area (Å²) in [6, 6.07) is 16.1. The van der Waals surface area contributed by atoms with E-state index in [2.05, 4.69) is 5.32 Å². The first kappa shape index (κ1) is 21.3. The monoisotopic (exact) mass is 416 g/mol. The molecule has 1 heterocycles. The highest BCUT2D eigenvalue weighted by molar-refractivity contribution is 7.89. The number of para-hydroxylation sites is 1. The molecule has 2 aromatic carbocycles. The fourth-order valence-electron chi connectivity index (χ4n) is 3.44. The van der Waals surface area contributed by atoms with Crippen LogP contribution in [0.2, 0.25) is 0 Å². The Hall–Kier alpha value is -2.38. The molecule has 0 saturated carbocycles. The third-order valence-corrected chi connectivity index (χ3v) is 7.09. The van der Waals surface area contributed by atoms with E-state index in [0.29, 0.717) is 37.4 Å². The number of benzene rings is 2. The topological polar surface area (TPSA) is 75.7 Å².